The van der Waals surface area contributed by atoms with Crippen molar-refractivity contribution < 1.29 is 5.11 Å². The van der Waals surface area contributed by atoms with E-state index in [9.17, 15) is 0 Å². The van der Waals surface area contributed by atoms with Crippen molar-refractivity contribution in [2.75, 3.05) is 6.61 Å². The molecule has 0 bridgehead atoms. The second-order valence-electron chi connectivity index (χ2n) is 4.80. The molecule has 0 saturated carbocycles. The Morgan fingerprint density at radius 2 is 1.83 bits per heavy atom. The van der Waals surface area contributed by atoms with E-state index in [-0.39, 0.29) is 6.61 Å². The van der Waals surface area contributed by atoms with Crippen LogP contribution in [0.25, 0.3) is 11.3 Å². The zero-order chi connectivity index (χ0) is 12.4. The summed E-state index contributed by atoms with van der Waals surface area (Å²) in [6.07, 6.45) is 4.90. The van der Waals surface area contributed by atoms with Crippen molar-refractivity contribution in [2.45, 2.75) is 25.2 Å². The number of aromatic nitrogens is 1. The number of benzene rings is 1. The normalized spacial score (nSPS) is 16.4. The van der Waals surface area contributed by atoms with Gasteiger partial charge in [-0.15, -0.1) is 0 Å². The number of fused-ring (bicyclic) bond motifs is 3. The van der Waals surface area contributed by atoms with E-state index in [1.165, 1.54) is 16.7 Å². The van der Waals surface area contributed by atoms with E-state index in [4.69, 9.17) is 5.11 Å². The van der Waals surface area contributed by atoms with Gasteiger partial charge in [0.05, 0.1) is 5.69 Å². The monoisotopic (exact) mass is 239 g/mol. The lowest BCUT2D eigenvalue weighted by Crippen LogP contribution is -1.97. The highest BCUT2D eigenvalue weighted by Gasteiger charge is 2.28. The van der Waals surface area contributed by atoms with E-state index in [2.05, 4.69) is 35.3 Å². The van der Waals surface area contributed by atoms with Gasteiger partial charge in [-0.1, -0.05) is 36.8 Å². The van der Waals surface area contributed by atoms with E-state index < -0.39 is 0 Å². The van der Waals surface area contributed by atoms with Gasteiger partial charge in [0.25, 0.3) is 0 Å². The van der Waals surface area contributed by atoms with Crippen LogP contribution in [0.15, 0.2) is 42.6 Å². The van der Waals surface area contributed by atoms with Gasteiger partial charge in [0.15, 0.2) is 0 Å². The van der Waals surface area contributed by atoms with Crippen LogP contribution in [0.1, 0.15) is 36.3 Å². The molecule has 0 amide bonds. The topological polar surface area (TPSA) is 33.1 Å². The third-order valence-electron chi connectivity index (χ3n) is 3.71. The number of aliphatic hydroxyl groups is 1. The van der Waals surface area contributed by atoms with Gasteiger partial charge >= 0.3 is 0 Å². The van der Waals surface area contributed by atoms with Crippen molar-refractivity contribution in [2.24, 2.45) is 0 Å². The van der Waals surface area contributed by atoms with Crippen LogP contribution < -0.4 is 0 Å². The van der Waals surface area contributed by atoms with E-state index in [1.807, 2.05) is 12.3 Å². The summed E-state index contributed by atoms with van der Waals surface area (Å²) in [5, 5.41) is 8.92. The third kappa shape index (κ3) is 1.83. The van der Waals surface area contributed by atoms with Gasteiger partial charge in [0.2, 0.25) is 0 Å². The summed E-state index contributed by atoms with van der Waals surface area (Å²) in [5.74, 6) is 0.455. The standard InChI is InChI=1S/C16H17NO/c18-11-4-3-7-13-12-6-1-2-8-14(12)16-15(13)9-5-10-17-16/h1-2,5-6,8-10,13,18H,3-4,7,11H2/t13-/m0/s1. The van der Waals surface area contributed by atoms with Crippen molar-refractivity contribution in [3.05, 3.63) is 53.7 Å². The minimum absolute atomic E-state index is 0.286. The Morgan fingerprint density at radius 1 is 1.00 bits per heavy atom. The first-order valence-corrected chi connectivity index (χ1v) is 6.57. The maximum atomic E-state index is 8.92. The molecular formula is C16H17NO. The fourth-order valence-electron chi connectivity index (χ4n) is 2.88. The zero-order valence-corrected chi connectivity index (χ0v) is 10.3. The summed E-state index contributed by atoms with van der Waals surface area (Å²) in [6, 6.07) is 12.8. The Hall–Kier alpha value is -1.67. The van der Waals surface area contributed by atoms with Crippen LogP contribution in [0, 0.1) is 0 Å². The second-order valence-corrected chi connectivity index (χ2v) is 4.80. The number of pyridine rings is 1. The average Bonchev–Trinajstić information content (AvgIpc) is 2.74. The lowest BCUT2D eigenvalue weighted by Gasteiger charge is -2.12. The van der Waals surface area contributed by atoms with Gasteiger partial charge in [0, 0.05) is 24.3 Å². The highest BCUT2D eigenvalue weighted by Crippen LogP contribution is 2.45. The van der Waals surface area contributed by atoms with Gasteiger partial charge in [-0.2, -0.15) is 0 Å². The molecule has 18 heavy (non-hydrogen) atoms. The zero-order valence-electron chi connectivity index (χ0n) is 10.3. The van der Waals surface area contributed by atoms with E-state index in [0.29, 0.717) is 5.92 Å². The van der Waals surface area contributed by atoms with Crippen LogP contribution in [0.3, 0.4) is 0 Å². The molecule has 0 unspecified atom stereocenters. The van der Waals surface area contributed by atoms with E-state index in [1.54, 1.807) is 0 Å². The van der Waals surface area contributed by atoms with Crippen molar-refractivity contribution >= 4 is 0 Å². The van der Waals surface area contributed by atoms with E-state index in [0.717, 1.165) is 25.0 Å². The predicted octanol–water partition coefficient (Wildman–Crippen LogP) is 3.36. The summed E-state index contributed by atoms with van der Waals surface area (Å²) in [5.41, 5.74) is 5.16. The fourth-order valence-corrected chi connectivity index (χ4v) is 2.88. The molecule has 0 radical (unpaired) electrons. The fraction of sp³-hybridized carbons (Fsp3) is 0.312. The first kappa shape index (κ1) is 11.4. The van der Waals surface area contributed by atoms with Crippen LogP contribution in [-0.4, -0.2) is 16.7 Å². The van der Waals surface area contributed by atoms with Crippen LogP contribution in [-0.2, 0) is 0 Å². The summed E-state index contributed by atoms with van der Waals surface area (Å²) >= 11 is 0. The van der Waals surface area contributed by atoms with Crippen LogP contribution >= 0.6 is 0 Å². The molecule has 2 aromatic rings. The molecule has 0 saturated heterocycles. The van der Waals surface area contributed by atoms with Crippen molar-refractivity contribution in [3.8, 4) is 11.3 Å². The average molecular weight is 239 g/mol. The maximum absolute atomic E-state index is 8.92. The minimum Gasteiger partial charge on any atom is -0.396 e. The third-order valence-corrected chi connectivity index (χ3v) is 3.71. The number of rotatable bonds is 4. The lowest BCUT2D eigenvalue weighted by molar-refractivity contribution is 0.282. The van der Waals surface area contributed by atoms with Gasteiger partial charge in [-0.05, 0) is 30.0 Å². The lowest BCUT2D eigenvalue weighted by atomic mass is 9.92. The SMILES string of the molecule is OCCCC[C@H]1c2ccccc2-c2ncccc21. The molecule has 0 aliphatic heterocycles. The van der Waals surface area contributed by atoms with Crippen LogP contribution in [0.4, 0.5) is 0 Å². The Morgan fingerprint density at radius 3 is 2.72 bits per heavy atom. The van der Waals surface area contributed by atoms with Crippen molar-refractivity contribution in [1.29, 1.82) is 0 Å². The minimum atomic E-state index is 0.286. The highest BCUT2D eigenvalue weighted by atomic mass is 16.2. The van der Waals surface area contributed by atoms with Gasteiger partial charge < -0.3 is 5.11 Å². The molecule has 2 heteroatoms. The molecule has 2 nitrogen and oxygen atoms in total. The second kappa shape index (κ2) is 4.91. The number of unbranched alkanes of at least 4 members (excludes halogenated alkanes) is 1. The molecule has 3 rings (SSSR count). The number of aliphatic hydroxyl groups excluding tert-OH is 1. The van der Waals surface area contributed by atoms with Gasteiger partial charge in [-0.25, -0.2) is 0 Å². The highest BCUT2D eigenvalue weighted by molar-refractivity contribution is 5.75. The number of hydrogen-bond donors (Lipinski definition) is 1. The molecule has 1 aliphatic carbocycles. The smallest absolute Gasteiger partial charge is 0.0743 e. The predicted molar refractivity (Wildman–Crippen MR) is 72.5 cm³/mol. The van der Waals surface area contributed by atoms with E-state index >= 15 is 0 Å². The quantitative estimate of drug-likeness (QED) is 0.830. The van der Waals surface area contributed by atoms with Crippen LogP contribution in [0.2, 0.25) is 0 Å². The number of nitrogens with zero attached hydrogens (tertiary/aromatic N) is 1. The van der Waals surface area contributed by atoms with Crippen molar-refractivity contribution in [1.82, 2.24) is 4.98 Å². The Kier molecular flexibility index (Phi) is 3.11. The molecule has 0 spiro atoms. The molecule has 1 aromatic heterocycles. The van der Waals surface area contributed by atoms with Gasteiger partial charge in [0.1, 0.15) is 0 Å². The first-order valence-electron chi connectivity index (χ1n) is 6.57. The van der Waals surface area contributed by atoms with Gasteiger partial charge in [-0.3, -0.25) is 4.98 Å². The Bertz CT molecular complexity index is 505. The molecule has 1 atom stereocenters. The largest absolute Gasteiger partial charge is 0.396 e. The Labute approximate surface area is 107 Å². The number of hydrogen-bond acceptors (Lipinski definition) is 2. The first-order chi connectivity index (χ1) is 8.92. The molecule has 0 fully saturated rings. The summed E-state index contributed by atoms with van der Waals surface area (Å²) in [7, 11) is 0. The molecule has 1 heterocycles. The maximum Gasteiger partial charge on any atom is 0.0743 e. The molecule has 1 aromatic carbocycles. The molecular weight excluding hydrogens is 222 g/mol. The Balaban J connectivity index is 1.98. The summed E-state index contributed by atoms with van der Waals surface area (Å²) < 4.78 is 0. The summed E-state index contributed by atoms with van der Waals surface area (Å²) in [4.78, 5) is 4.53. The van der Waals surface area contributed by atoms with Crippen molar-refractivity contribution in [3.63, 3.8) is 0 Å². The molecule has 92 valence electrons. The van der Waals surface area contributed by atoms with Crippen LogP contribution in [0.5, 0.6) is 0 Å². The molecule has 1 N–H and O–H groups in total. The molecule has 1 aliphatic rings. The summed E-state index contributed by atoms with van der Waals surface area (Å²) in [6.45, 7) is 0.286.